The van der Waals surface area contributed by atoms with Gasteiger partial charge in [0, 0.05) is 5.56 Å². The molecule has 14 heavy (non-hydrogen) atoms. The van der Waals surface area contributed by atoms with Gasteiger partial charge < -0.3 is 4.79 Å². The Bertz CT molecular complexity index is 372. The summed E-state index contributed by atoms with van der Waals surface area (Å²) < 4.78 is 0. The van der Waals surface area contributed by atoms with E-state index in [0.717, 1.165) is 11.8 Å². The second kappa shape index (κ2) is 3.05. The van der Waals surface area contributed by atoms with Gasteiger partial charge in [0.2, 0.25) is 0 Å². The molecule has 72 valence electrons. The molecule has 1 aromatic rings. The van der Waals surface area contributed by atoms with Crippen molar-refractivity contribution in [2.45, 2.75) is 19.8 Å². The molecule has 1 fully saturated rings. The summed E-state index contributed by atoms with van der Waals surface area (Å²) in [4.78, 5) is 22.6. The summed E-state index contributed by atoms with van der Waals surface area (Å²) in [7, 11) is 0. The minimum absolute atomic E-state index is 0.0208. The Hall–Kier alpha value is -1.44. The lowest BCUT2D eigenvalue weighted by Gasteiger charge is -2.05. The van der Waals surface area contributed by atoms with Gasteiger partial charge in [-0.15, -0.1) is 0 Å². The van der Waals surface area contributed by atoms with Gasteiger partial charge in [-0.2, -0.15) is 0 Å². The zero-order valence-electron chi connectivity index (χ0n) is 8.12. The number of ketones is 1. The Labute approximate surface area is 82.9 Å². The van der Waals surface area contributed by atoms with Gasteiger partial charge in [0.25, 0.3) is 0 Å². The quantitative estimate of drug-likeness (QED) is 0.414. The molecule has 1 aliphatic rings. The van der Waals surface area contributed by atoms with Crippen LogP contribution in [0, 0.1) is 12.3 Å². The van der Waals surface area contributed by atoms with E-state index < -0.39 is 5.41 Å². The predicted molar refractivity (Wildman–Crippen MR) is 53.2 cm³/mol. The lowest BCUT2D eigenvalue weighted by molar-refractivity contribution is -0.110. The normalized spacial score (nSPS) is 17.5. The van der Waals surface area contributed by atoms with E-state index in [-0.39, 0.29) is 5.78 Å². The summed E-state index contributed by atoms with van der Waals surface area (Å²) in [6.45, 7) is 1.97. The molecule has 0 aliphatic heterocycles. The van der Waals surface area contributed by atoms with Crippen LogP contribution in [0.1, 0.15) is 28.8 Å². The topological polar surface area (TPSA) is 34.1 Å². The highest BCUT2D eigenvalue weighted by atomic mass is 16.1. The molecule has 0 radical (unpaired) electrons. The average molecular weight is 188 g/mol. The van der Waals surface area contributed by atoms with E-state index in [9.17, 15) is 9.59 Å². The van der Waals surface area contributed by atoms with Gasteiger partial charge in [-0.05, 0) is 19.8 Å². The molecule has 0 aromatic heterocycles. The van der Waals surface area contributed by atoms with Crippen LogP contribution < -0.4 is 0 Å². The van der Waals surface area contributed by atoms with E-state index in [1.807, 2.05) is 19.1 Å². The number of hydrogen-bond donors (Lipinski definition) is 0. The summed E-state index contributed by atoms with van der Waals surface area (Å²) in [6, 6.07) is 7.38. The van der Waals surface area contributed by atoms with E-state index in [2.05, 4.69) is 0 Å². The third kappa shape index (κ3) is 1.37. The van der Waals surface area contributed by atoms with Crippen LogP contribution in [-0.4, -0.2) is 12.1 Å². The molecular weight excluding hydrogens is 176 g/mol. The van der Waals surface area contributed by atoms with Gasteiger partial charge in [-0.3, -0.25) is 4.79 Å². The summed E-state index contributed by atoms with van der Waals surface area (Å²) in [5.74, 6) is -0.0208. The van der Waals surface area contributed by atoms with Gasteiger partial charge in [-0.25, -0.2) is 0 Å². The first-order valence-electron chi connectivity index (χ1n) is 4.76. The molecule has 0 N–H and O–H groups in total. The molecule has 0 spiro atoms. The van der Waals surface area contributed by atoms with Crippen LogP contribution in [0.15, 0.2) is 24.3 Å². The fraction of sp³-hybridized carbons (Fsp3) is 0.333. The number of aldehydes is 1. The fourth-order valence-corrected chi connectivity index (χ4v) is 1.53. The second-order valence-electron chi connectivity index (χ2n) is 3.97. The van der Waals surface area contributed by atoms with Crippen molar-refractivity contribution < 1.29 is 9.59 Å². The standard InChI is InChI=1S/C12H12O2/c1-9-2-4-10(5-3-9)11(14)12(8-13)6-7-12/h2-5,8H,6-7H2,1H3. The molecule has 0 amide bonds. The highest BCUT2D eigenvalue weighted by molar-refractivity contribution is 6.11. The minimum atomic E-state index is -0.671. The Kier molecular flexibility index (Phi) is 1.99. The summed E-state index contributed by atoms with van der Waals surface area (Å²) in [5, 5.41) is 0. The van der Waals surface area contributed by atoms with Crippen molar-refractivity contribution in [3.8, 4) is 0 Å². The minimum Gasteiger partial charge on any atom is -0.302 e. The molecule has 1 aromatic carbocycles. The third-order valence-electron chi connectivity index (χ3n) is 2.78. The molecule has 2 rings (SSSR count). The average Bonchev–Trinajstić information content (AvgIpc) is 2.99. The lowest BCUT2D eigenvalue weighted by atomic mass is 9.96. The van der Waals surface area contributed by atoms with E-state index in [4.69, 9.17) is 0 Å². The van der Waals surface area contributed by atoms with Crippen molar-refractivity contribution in [2.75, 3.05) is 0 Å². The van der Waals surface area contributed by atoms with Crippen molar-refractivity contribution in [3.05, 3.63) is 35.4 Å². The van der Waals surface area contributed by atoms with Crippen molar-refractivity contribution in [2.24, 2.45) is 5.41 Å². The Morgan fingerprint density at radius 2 is 1.86 bits per heavy atom. The number of aryl methyl sites for hydroxylation is 1. The molecule has 0 heterocycles. The van der Waals surface area contributed by atoms with E-state index >= 15 is 0 Å². The number of carbonyl (C=O) groups excluding carboxylic acids is 2. The first kappa shape index (κ1) is 9.13. The van der Waals surface area contributed by atoms with Crippen LogP contribution in [0.5, 0.6) is 0 Å². The van der Waals surface area contributed by atoms with Crippen LogP contribution in [0.25, 0.3) is 0 Å². The zero-order chi connectivity index (χ0) is 10.2. The number of rotatable bonds is 3. The van der Waals surface area contributed by atoms with Gasteiger partial charge in [0.15, 0.2) is 5.78 Å². The largest absolute Gasteiger partial charge is 0.302 e. The molecule has 2 heteroatoms. The molecule has 2 nitrogen and oxygen atoms in total. The summed E-state index contributed by atoms with van der Waals surface area (Å²) in [5.41, 5.74) is 1.10. The van der Waals surface area contributed by atoms with Crippen molar-refractivity contribution in [1.82, 2.24) is 0 Å². The van der Waals surface area contributed by atoms with E-state index in [1.54, 1.807) is 12.1 Å². The first-order valence-corrected chi connectivity index (χ1v) is 4.76. The molecule has 0 saturated heterocycles. The number of carbonyl (C=O) groups is 2. The lowest BCUT2D eigenvalue weighted by Crippen LogP contribution is -2.17. The van der Waals surface area contributed by atoms with Gasteiger partial charge >= 0.3 is 0 Å². The zero-order valence-corrected chi connectivity index (χ0v) is 8.12. The van der Waals surface area contributed by atoms with Crippen LogP contribution in [-0.2, 0) is 4.79 Å². The van der Waals surface area contributed by atoms with Crippen LogP contribution >= 0.6 is 0 Å². The molecule has 0 bridgehead atoms. The number of Topliss-reactive ketones (excluding diaryl/α,β-unsaturated/α-hetero) is 1. The second-order valence-corrected chi connectivity index (χ2v) is 3.97. The molecule has 0 atom stereocenters. The predicted octanol–water partition coefficient (Wildman–Crippen LogP) is 2.16. The van der Waals surface area contributed by atoms with Crippen LogP contribution in [0.2, 0.25) is 0 Å². The van der Waals surface area contributed by atoms with Gasteiger partial charge in [0.1, 0.15) is 6.29 Å². The Balaban J connectivity index is 2.28. The maximum atomic E-state index is 11.8. The van der Waals surface area contributed by atoms with Gasteiger partial charge in [0.05, 0.1) is 5.41 Å². The molecular formula is C12H12O2. The summed E-state index contributed by atoms with van der Waals surface area (Å²) in [6.07, 6.45) is 2.22. The smallest absolute Gasteiger partial charge is 0.176 e. The number of benzene rings is 1. The number of hydrogen-bond acceptors (Lipinski definition) is 2. The van der Waals surface area contributed by atoms with Crippen LogP contribution in [0.4, 0.5) is 0 Å². The molecule has 1 saturated carbocycles. The van der Waals surface area contributed by atoms with Crippen molar-refractivity contribution >= 4 is 12.1 Å². The summed E-state index contributed by atoms with van der Waals surface area (Å²) >= 11 is 0. The fourth-order valence-electron chi connectivity index (χ4n) is 1.53. The SMILES string of the molecule is Cc1ccc(C(=O)C2(C=O)CC2)cc1. The molecule has 0 unspecified atom stereocenters. The first-order chi connectivity index (χ1) is 6.68. The van der Waals surface area contributed by atoms with Gasteiger partial charge in [-0.1, -0.05) is 29.8 Å². The molecule has 1 aliphatic carbocycles. The maximum absolute atomic E-state index is 11.8. The van der Waals surface area contributed by atoms with Crippen molar-refractivity contribution in [1.29, 1.82) is 0 Å². The van der Waals surface area contributed by atoms with E-state index in [1.165, 1.54) is 0 Å². The highest BCUT2D eigenvalue weighted by Crippen LogP contribution is 2.46. The highest BCUT2D eigenvalue weighted by Gasteiger charge is 2.49. The Morgan fingerprint density at radius 1 is 1.29 bits per heavy atom. The third-order valence-corrected chi connectivity index (χ3v) is 2.78. The Morgan fingerprint density at radius 3 is 2.29 bits per heavy atom. The maximum Gasteiger partial charge on any atom is 0.176 e. The van der Waals surface area contributed by atoms with Crippen LogP contribution in [0.3, 0.4) is 0 Å². The van der Waals surface area contributed by atoms with E-state index in [0.29, 0.717) is 18.4 Å². The monoisotopic (exact) mass is 188 g/mol. The van der Waals surface area contributed by atoms with Crippen molar-refractivity contribution in [3.63, 3.8) is 0 Å².